The maximum atomic E-state index is 12.9. The van der Waals surface area contributed by atoms with Crippen molar-refractivity contribution in [2.45, 2.75) is 12.2 Å². The number of carbonyl (C=O) groups excluding carboxylic acids is 1. The molecule has 0 saturated carbocycles. The van der Waals surface area contributed by atoms with Crippen LogP contribution in [0.4, 0.5) is 0 Å². The summed E-state index contributed by atoms with van der Waals surface area (Å²) in [5.41, 5.74) is 1.07. The number of carbonyl (C=O) groups is 1. The molecule has 0 fully saturated rings. The molecule has 0 aliphatic heterocycles. The number of benzene rings is 2. The van der Waals surface area contributed by atoms with E-state index in [1.165, 1.54) is 12.3 Å². The number of halogens is 2. The molecule has 0 aliphatic rings. The fraction of sp³-hybridized carbons (Fsp3) is 0.150. The molecule has 2 aromatic carbocycles. The third kappa shape index (κ3) is 4.15. The van der Waals surface area contributed by atoms with E-state index in [0.717, 1.165) is 8.95 Å². The summed E-state index contributed by atoms with van der Waals surface area (Å²) in [6.07, 6.45) is -0.999. The van der Waals surface area contributed by atoms with E-state index < -0.39 is 23.9 Å². The predicted molar refractivity (Wildman–Crippen MR) is 105 cm³/mol. The lowest BCUT2D eigenvalue weighted by Crippen LogP contribution is -2.29. The van der Waals surface area contributed by atoms with Crippen LogP contribution in [0.5, 0.6) is 0 Å². The minimum Gasteiger partial charge on any atom is -0.461 e. The van der Waals surface area contributed by atoms with Gasteiger partial charge in [0, 0.05) is 8.95 Å². The molecule has 1 heterocycles. The molecule has 2 atom stereocenters. The smallest absolute Gasteiger partial charge is 0.206 e. The summed E-state index contributed by atoms with van der Waals surface area (Å²) >= 11 is 6.69. The van der Waals surface area contributed by atoms with Crippen LogP contribution in [0, 0.1) is 5.92 Å². The number of hydrogen-bond donors (Lipinski definition) is 2. The first-order valence-electron chi connectivity index (χ1n) is 7.92. The molecule has 3 aromatic rings. The van der Waals surface area contributed by atoms with Crippen molar-refractivity contribution in [3.63, 3.8) is 0 Å². The average Bonchev–Trinajstić information content (AvgIpc) is 3.17. The predicted octanol–water partition coefficient (Wildman–Crippen LogP) is 5.07. The van der Waals surface area contributed by atoms with E-state index in [2.05, 4.69) is 31.9 Å². The number of hydrogen-bond acceptors (Lipinski definition) is 4. The quantitative estimate of drug-likeness (QED) is 0.484. The Morgan fingerprint density at radius 3 is 1.65 bits per heavy atom. The molecule has 134 valence electrons. The van der Waals surface area contributed by atoms with Gasteiger partial charge in [0.25, 0.3) is 0 Å². The van der Waals surface area contributed by atoms with Gasteiger partial charge in [-0.15, -0.1) is 0 Å². The largest absolute Gasteiger partial charge is 0.461 e. The van der Waals surface area contributed by atoms with E-state index in [-0.39, 0.29) is 5.76 Å². The summed E-state index contributed by atoms with van der Waals surface area (Å²) in [4.78, 5) is 12.9. The Balaban J connectivity index is 1.99. The van der Waals surface area contributed by atoms with E-state index in [0.29, 0.717) is 11.1 Å². The number of Topliss-reactive ketones (excluding diaryl/α,β-unsaturated/α-hetero) is 1. The normalized spacial score (nSPS) is 13.6. The lowest BCUT2D eigenvalue weighted by molar-refractivity contribution is 0.0127. The minimum absolute atomic E-state index is 0.0994. The molecule has 0 amide bonds. The molecule has 0 radical (unpaired) electrons. The Morgan fingerprint density at radius 1 is 0.808 bits per heavy atom. The second-order valence-corrected chi connectivity index (χ2v) is 7.69. The number of furan rings is 1. The number of aliphatic hydroxyl groups excluding tert-OH is 2. The standard InChI is InChI=1S/C20H16Br2O4/c21-14-7-3-12(4-8-14)18(23)17(20(25)16-2-1-11-26-16)19(24)13-5-9-15(22)10-6-13/h1-11,17-19,23-24H/t18-,19-/m0/s1. The molecule has 0 bridgehead atoms. The lowest BCUT2D eigenvalue weighted by Gasteiger charge is -2.26. The van der Waals surface area contributed by atoms with Crippen molar-refractivity contribution in [3.8, 4) is 0 Å². The van der Waals surface area contributed by atoms with Gasteiger partial charge < -0.3 is 14.6 Å². The van der Waals surface area contributed by atoms with Gasteiger partial charge in [-0.3, -0.25) is 4.79 Å². The van der Waals surface area contributed by atoms with Crippen LogP contribution in [0.3, 0.4) is 0 Å². The van der Waals surface area contributed by atoms with E-state index in [9.17, 15) is 15.0 Å². The van der Waals surface area contributed by atoms with Crippen molar-refractivity contribution in [2.75, 3.05) is 0 Å². The van der Waals surface area contributed by atoms with Gasteiger partial charge in [0.2, 0.25) is 5.78 Å². The zero-order valence-corrected chi connectivity index (χ0v) is 16.7. The SMILES string of the molecule is O=C(c1ccco1)C([C@@H](O)c1ccc(Br)cc1)[C@@H](O)c1ccc(Br)cc1. The molecule has 0 aliphatic carbocycles. The summed E-state index contributed by atoms with van der Waals surface area (Å²) in [7, 11) is 0. The molecule has 26 heavy (non-hydrogen) atoms. The topological polar surface area (TPSA) is 70.7 Å². The first kappa shape index (κ1) is 19.0. The van der Waals surface area contributed by atoms with E-state index >= 15 is 0 Å². The van der Waals surface area contributed by atoms with Gasteiger partial charge in [-0.1, -0.05) is 56.1 Å². The zero-order valence-electron chi connectivity index (χ0n) is 13.5. The number of aliphatic hydroxyl groups is 2. The Hall–Kier alpha value is -1.73. The molecular weight excluding hydrogens is 464 g/mol. The summed E-state index contributed by atoms with van der Waals surface area (Å²) < 4.78 is 6.91. The zero-order chi connectivity index (χ0) is 18.7. The van der Waals surface area contributed by atoms with Crippen LogP contribution in [0.25, 0.3) is 0 Å². The average molecular weight is 480 g/mol. The minimum atomic E-state index is -1.20. The van der Waals surface area contributed by atoms with E-state index in [4.69, 9.17) is 4.42 Å². The van der Waals surface area contributed by atoms with Crippen molar-refractivity contribution >= 4 is 37.6 Å². The molecule has 4 nitrogen and oxygen atoms in total. The second kappa shape index (κ2) is 8.31. The summed E-state index contributed by atoms with van der Waals surface area (Å²) in [6, 6.07) is 17.1. The van der Waals surface area contributed by atoms with Crippen molar-refractivity contribution < 1.29 is 19.4 Å². The lowest BCUT2D eigenvalue weighted by atomic mass is 9.83. The van der Waals surface area contributed by atoms with E-state index in [1.807, 2.05) is 0 Å². The highest BCUT2D eigenvalue weighted by atomic mass is 79.9. The fourth-order valence-electron chi connectivity index (χ4n) is 2.78. The first-order valence-corrected chi connectivity index (χ1v) is 9.51. The Bertz CT molecular complexity index is 806. The van der Waals surface area contributed by atoms with Crippen molar-refractivity contribution in [3.05, 3.63) is 92.8 Å². The highest BCUT2D eigenvalue weighted by Gasteiger charge is 2.37. The van der Waals surface area contributed by atoms with Gasteiger partial charge in [0.1, 0.15) is 0 Å². The Morgan fingerprint density at radius 2 is 1.27 bits per heavy atom. The Kier molecular flexibility index (Phi) is 6.09. The van der Waals surface area contributed by atoms with Crippen LogP contribution in [-0.4, -0.2) is 16.0 Å². The van der Waals surface area contributed by atoms with Gasteiger partial charge in [-0.25, -0.2) is 0 Å². The van der Waals surface area contributed by atoms with E-state index in [1.54, 1.807) is 54.6 Å². The van der Waals surface area contributed by atoms with Crippen LogP contribution >= 0.6 is 31.9 Å². The molecular formula is C20H16Br2O4. The van der Waals surface area contributed by atoms with Gasteiger partial charge in [0.05, 0.1) is 24.4 Å². The Labute approximate surface area is 167 Å². The maximum Gasteiger partial charge on any atom is 0.206 e. The maximum absolute atomic E-state index is 12.9. The molecule has 6 heteroatoms. The highest BCUT2D eigenvalue weighted by molar-refractivity contribution is 9.10. The molecule has 3 rings (SSSR count). The van der Waals surface area contributed by atoms with Gasteiger partial charge in [-0.2, -0.15) is 0 Å². The van der Waals surface area contributed by atoms with Crippen LogP contribution in [0.15, 0.2) is 80.3 Å². The van der Waals surface area contributed by atoms with Crippen molar-refractivity contribution in [1.82, 2.24) is 0 Å². The molecule has 0 unspecified atom stereocenters. The van der Waals surface area contributed by atoms with Crippen molar-refractivity contribution in [1.29, 1.82) is 0 Å². The van der Waals surface area contributed by atoms with Crippen LogP contribution in [-0.2, 0) is 0 Å². The van der Waals surface area contributed by atoms with Crippen LogP contribution in [0.1, 0.15) is 33.9 Å². The summed E-state index contributed by atoms with van der Waals surface area (Å²) in [5.74, 6) is -1.47. The van der Waals surface area contributed by atoms with Gasteiger partial charge in [-0.05, 0) is 47.5 Å². The summed E-state index contributed by atoms with van der Waals surface area (Å²) in [6.45, 7) is 0. The molecule has 2 N–H and O–H groups in total. The monoisotopic (exact) mass is 478 g/mol. The molecule has 1 aromatic heterocycles. The number of ketones is 1. The number of rotatable bonds is 6. The molecule has 0 spiro atoms. The highest BCUT2D eigenvalue weighted by Crippen LogP contribution is 2.36. The third-order valence-electron chi connectivity index (χ3n) is 4.17. The summed E-state index contributed by atoms with van der Waals surface area (Å²) in [5, 5.41) is 21.8. The van der Waals surface area contributed by atoms with Gasteiger partial charge >= 0.3 is 0 Å². The third-order valence-corrected chi connectivity index (χ3v) is 5.23. The van der Waals surface area contributed by atoms with Crippen LogP contribution in [0.2, 0.25) is 0 Å². The molecule has 0 saturated heterocycles. The van der Waals surface area contributed by atoms with Crippen molar-refractivity contribution in [2.24, 2.45) is 5.92 Å². The van der Waals surface area contributed by atoms with Crippen LogP contribution < -0.4 is 0 Å². The van der Waals surface area contributed by atoms with Gasteiger partial charge in [0.15, 0.2) is 5.76 Å². The second-order valence-electron chi connectivity index (χ2n) is 5.86. The first-order chi connectivity index (χ1) is 12.5. The fourth-order valence-corrected chi connectivity index (χ4v) is 3.31.